The van der Waals surface area contributed by atoms with E-state index in [9.17, 15) is 18.3 Å². The molecule has 2 rings (SSSR count). The van der Waals surface area contributed by atoms with Crippen molar-refractivity contribution in [1.82, 2.24) is 10.2 Å². The summed E-state index contributed by atoms with van der Waals surface area (Å²) in [6.07, 6.45) is -4.42. The van der Waals surface area contributed by atoms with Crippen LogP contribution in [0.15, 0.2) is 22.7 Å². The maximum absolute atomic E-state index is 13.3. The number of hydrogen-bond acceptors (Lipinski definition) is 3. The number of halogens is 6. The number of nitrogens with one attached hydrogen (secondary N) is 1. The number of phenolic OH excluding ortho intramolecular Hbond substituents is 1. The highest BCUT2D eigenvalue weighted by Gasteiger charge is 2.46. The number of nitrogens with zero attached hydrogens (tertiary/aromatic N) is 1. The van der Waals surface area contributed by atoms with Crippen molar-refractivity contribution in [3.05, 3.63) is 28.2 Å². The van der Waals surface area contributed by atoms with Gasteiger partial charge in [0, 0.05) is 31.7 Å². The van der Waals surface area contributed by atoms with Crippen LogP contribution in [-0.4, -0.2) is 42.4 Å². The van der Waals surface area contributed by atoms with Crippen molar-refractivity contribution in [2.75, 3.05) is 26.2 Å². The van der Waals surface area contributed by atoms with Gasteiger partial charge in [0.05, 0.1) is 4.47 Å². The van der Waals surface area contributed by atoms with Gasteiger partial charge in [0.1, 0.15) is 11.8 Å². The van der Waals surface area contributed by atoms with E-state index < -0.39 is 12.2 Å². The van der Waals surface area contributed by atoms with Crippen LogP contribution in [0.2, 0.25) is 0 Å². The predicted molar refractivity (Wildman–Crippen MR) is 83.5 cm³/mol. The Labute approximate surface area is 141 Å². The lowest BCUT2D eigenvalue weighted by molar-refractivity contribution is -0.188. The van der Waals surface area contributed by atoms with Gasteiger partial charge in [-0.15, -0.1) is 24.8 Å². The van der Waals surface area contributed by atoms with E-state index in [-0.39, 0.29) is 40.6 Å². The molecule has 0 amide bonds. The second kappa shape index (κ2) is 8.43. The van der Waals surface area contributed by atoms with Crippen molar-refractivity contribution < 1.29 is 18.3 Å². The van der Waals surface area contributed by atoms with Gasteiger partial charge in [0.25, 0.3) is 0 Å². The lowest BCUT2D eigenvalue weighted by Gasteiger charge is -2.36. The van der Waals surface area contributed by atoms with E-state index in [1.165, 1.54) is 23.1 Å². The largest absolute Gasteiger partial charge is 0.506 e. The molecule has 1 aliphatic heterocycles. The molecular weight excluding hydrogens is 396 g/mol. The molecule has 1 aromatic carbocycles. The van der Waals surface area contributed by atoms with Gasteiger partial charge in [0.15, 0.2) is 0 Å². The van der Waals surface area contributed by atoms with Crippen LogP contribution in [0.4, 0.5) is 13.2 Å². The van der Waals surface area contributed by atoms with Gasteiger partial charge in [0.2, 0.25) is 0 Å². The number of para-hydroxylation sites is 1. The Morgan fingerprint density at radius 3 is 2.29 bits per heavy atom. The molecule has 2 N–H and O–H groups in total. The van der Waals surface area contributed by atoms with E-state index in [2.05, 4.69) is 21.2 Å². The van der Waals surface area contributed by atoms with Crippen LogP contribution in [0.5, 0.6) is 5.75 Å². The van der Waals surface area contributed by atoms with Crippen LogP contribution in [-0.2, 0) is 0 Å². The van der Waals surface area contributed by atoms with Gasteiger partial charge in [-0.3, -0.25) is 4.90 Å². The molecule has 1 aliphatic rings. The number of rotatable bonds is 2. The van der Waals surface area contributed by atoms with Gasteiger partial charge < -0.3 is 10.4 Å². The minimum absolute atomic E-state index is 0. The van der Waals surface area contributed by atoms with Crippen molar-refractivity contribution >= 4 is 40.7 Å². The highest BCUT2D eigenvalue weighted by atomic mass is 79.9. The quantitative estimate of drug-likeness (QED) is 0.781. The molecule has 1 atom stereocenters. The fourth-order valence-corrected chi connectivity index (χ4v) is 2.65. The van der Waals surface area contributed by atoms with Crippen molar-refractivity contribution in [2.24, 2.45) is 0 Å². The second-order valence-corrected chi connectivity index (χ2v) is 5.26. The lowest BCUT2D eigenvalue weighted by atomic mass is 10.0. The third-order valence-electron chi connectivity index (χ3n) is 3.14. The molecule has 1 fully saturated rings. The average molecular weight is 412 g/mol. The Kier molecular flexibility index (Phi) is 8.35. The SMILES string of the molecule is Cl.Cl.Oc1c(Br)cccc1[C@H](N1CCNCC1)C(F)(F)F. The topological polar surface area (TPSA) is 35.5 Å². The zero-order chi connectivity index (χ0) is 14.0. The van der Waals surface area contributed by atoms with Gasteiger partial charge >= 0.3 is 6.18 Å². The van der Waals surface area contributed by atoms with Gasteiger partial charge in [-0.1, -0.05) is 12.1 Å². The molecule has 0 saturated carbocycles. The average Bonchev–Trinajstić information content (AvgIpc) is 2.35. The molecule has 0 spiro atoms. The standard InChI is InChI=1S/C12H14BrF3N2O.2ClH/c13-9-3-1-2-8(10(9)19)11(12(14,15)16)18-6-4-17-5-7-18;;/h1-3,11,17,19H,4-7H2;2*1H/t11-;;/m0../s1. The Morgan fingerprint density at radius 1 is 1.19 bits per heavy atom. The highest BCUT2D eigenvalue weighted by molar-refractivity contribution is 9.10. The molecule has 0 radical (unpaired) electrons. The molecule has 1 heterocycles. The third-order valence-corrected chi connectivity index (χ3v) is 3.78. The van der Waals surface area contributed by atoms with Crippen molar-refractivity contribution in [2.45, 2.75) is 12.2 Å². The number of benzene rings is 1. The molecule has 0 bridgehead atoms. The molecule has 21 heavy (non-hydrogen) atoms. The van der Waals surface area contributed by atoms with E-state index in [1.807, 2.05) is 0 Å². The minimum Gasteiger partial charge on any atom is -0.506 e. The minimum atomic E-state index is -4.42. The van der Waals surface area contributed by atoms with E-state index in [0.717, 1.165) is 0 Å². The second-order valence-electron chi connectivity index (χ2n) is 4.41. The number of hydrogen-bond donors (Lipinski definition) is 2. The summed E-state index contributed by atoms with van der Waals surface area (Å²) in [5, 5.41) is 12.9. The van der Waals surface area contributed by atoms with Crippen molar-refractivity contribution in [3.8, 4) is 5.75 Å². The number of aromatic hydroxyl groups is 1. The first kappa shape index (κ1) is 20.8. The first-order chi connectivity index (χ1) is 8.91. The van der Waals surface area contributed by atoms with Crippen LogP contribution < -0.4 is 5.32 Å². The summed E-state index contributed by atoms with van der Waals surface area (Å²) in [5.41, 5.74) is -0.108. The molecule has 3 nitrogen and oxygen atoms in total. The lowest BCUT2D eigenvalue weighted by Crippen LogP contribution is -2.49. The van der Waals surface area contributed by atoms with Crippen LogP contribution in [0.25, 0.3) is 0 Å². The molecule has 1 aromatic rings. The molecule has 1 saturated heterocycles. The molecule has 9 heteroatoms. The van der Waals surface area contributed by atoms with Crippen LogP contribution in [0.1, 0.15) is 11.6 Å². The molecule has 122 valence electrons. The van der Waals surface area contributed by atoms with Gasteiger partial charge in [-0.05, 0) is 22.0 Å². The van der Waals surface area contributed by atoms with Crippen molar-refractivity contribution in [3.63, 3.8) is 0 Å². The normalized spacial score (nSPS) is 17.5. The number of piperazine rings is 1. The van der Waals surface area contributed by atoms with Crippen LogP contribution in [0, 0.1) is 0 Å². The predicted octanol–water partition coefficient (Wildman–Crippen LogP) is 3.51. The number of alkyl halides is 3. The Morgan fingerprint density at radius 2 is 1.76 bits per heavy atom. The summed E-state index contributed by atoms with van der Waals surface area (Å²) in [7, 11) is 0. The zero-order valence-electron chi connectivity index (χ0n) is 10.9. The fourth-order valence-electron chi connectivity index (χ4n) is 2.27. The number of phenols is 1. The van der Waals surface area contributed by atoms with E-state index in [1.54, 1.807) is 0 Å². The Hall–Kier alpha value is -0.210. The van der Waals surface area contributed by atoms with Crippen LogP contribution in [0.3, 0.4) is 0 Å². The monoisotopic (exact) mass is 410 g/mol. The summed E-state index contributed by atoms with van der Waals surface area (Å²) in [4.78, 5) is 1.35. The fraction of sp³-hybridized carbons (Fsp3) is 0.500. The summed E-state index contributed by atoms with van der Waals surface area (Å²) in [6, 6.07) is 2.57. The van der Waals surface area contributed by atoms with E-state index in [0.29, 0.717) is 26.2 Å². The summed E-state index contributed by atoms with van der Waals surface area (Å²) in [6.45, 7) is 1.63. The Balaban J connectivity index is 0.00000200. The van der Waals surface area contributed by atoms with Crippen LogP contribution >= 0.6 is 40.7 Å². The Bertz CT molecular complexity index is 457. The maximum Gasteiger partial charge on any atom is 0.408 e. The van der Waals surface area contributed by atoms with Gasteiger partial charge in [-0.2, -0.15) is 13.2 Å². The maximum atomic E-state index is 13.3. The smallest absolute Gasteiger partial charge is 0.408 e. The molecule has 0 aliphatic carbocycles. The first-order valence-electron chi connectivity index (χ1n) is 5.90. The molecular formula is C12H16BrCl2F3N2O. The van der Waals surface area contributed by atoms with E-state index in [4.69, 9.17) is 0 Å². The summed E-state index contributed by atoms with van der Waals surface area (Å²) >= 11 is 3.06. The molecule has 0 aromatic heterocycles. The third kappa shape index (κ3) is 4.89. The first-order valence-corrected chi connectivity index (χ1v) is 6.69. The van der Waals surface area contributed by atoms with Crippen molar-refractivity contribution in [1.29, 1.82) is 0 Å². The van der Waals surface area contributed by atoms with E-state index >= 15 is 0 Å². The summed E-state index contributed by atoms with van der Waals surface area (Å²) in [5.74, 6) is -0.344. The highest BCUT2D eigenvalue weighted by Crippen LogP contribution is 2.43. The zero-order valence-corrected chi connectivity index (χ0v) is 14.1. The summed E-state index contributed by atoms with van der Waals surface area (Å²) < 4.78 is 40.2. The van der Waals surface area contributed by atoms with Gasteiger partial charge in [-0.25, -0.2) is 0 Å². The molecule has 0 unspecified atom stereocenters.